The van der Waals surface area contributed by atoms with Crippen molar-refractivity contribution in [3.05, 3.63) is 36.5 Å². The molecule has 0 aromatic carbocycles. The number of amides is 1. The molecule has 1 amide bonds. The van der Waals surface area contributed by atoms with E-state index in [4.69, 9.17) is 0 Å². The lowest BCUT2D eigenvalue weighted by Crippen LogP contribution is -2.53. The number of carbonyl (C=O) groups excluding carboxylic acids is 1. The van der Waals surface area contributed by atoms with Crippen LogP contribution in [0.15, 0.2) is 36.5 Å². The molecule has 0 rings (SSSR count). The molecule has 0 aliphatic carbocycles. The van der Waals surface area contributed by atoms with E-state index in [-0.39, 0.29) is 0 Å². The van der Waals surface area contributed by atoms with Gasteiger partial charge in [0.2, 0.25) is 5.91 Å². The molecule has 0 saturated heterocycles. The van der Waals surface area contributed by atoms with E-state index < -0.39 is 36.9 Å². The van der Waals surface area contributed by atoms with Crippen LogP contribution < -0.4 is 5.32 Å². The van der Waals surface area contributed by atoms with E-state index in [0.717, 1.165) is 57.8 Å². The fourth-order valence-electron chi connectivity index (χ4n) is 4.94. The second kappa shape index (κ2) is 31.0. The van der Waals surface area contributed by atoms with Gasteiger partial charge in [-0.15, -0.1) is 0 Å². The van der Waals surface area contributed by atoms with Gasteiger partial charge in [0.05, 0.1) is 18.8 Å². The third-order valence-electron chi connectivity index (χ3n) is 7.80. The normalized spacial score (nSPS) is 15.1. The highest BCUT2D eigenvalue weighted by Gasteiger charge is 2.28. The molecule has 0 saturated carbocycles. The van der Waals surface area contributed by atoms with Crippen LogP contribution in [0.5, 0.6) is 0 Å². The molecule has 5 N–H and O–H groups in total. The predicted molar refractivity (Wildman–Crippen MR) is 177 cm³/mol. The summed E-state index contributed by atoms with van der Waals surface area (Å²) >= 11 is 0. The van der Waals surface area contributed by atoms with Crippen LogP contribution in [0.1, 0.15) is 155 Å². The van der Waals surface area contributed by atoms with Crippen molar-refractivity contribution in [2.75, 3.05) is 6.61 Å². The average Bonchev–Trinajstić information content (AvgIpc) is 2.99. The Morgan fingerprint density at radius 2 is 1.00 bits per heavy atom. The molecular weight excluding hydrogens is 526 g/mol. The molecule has 4 unspecified atom stereocenters. The van der Waals surface area contributed by atoms with E-state index >= 15 is 0 Å². The van der Waals surface area contributed by atoms with Gasteiger partial charge in [-0.05, 0) is 77.0 Å². The molecule has 246 valence electrons. The first-order valence-electron chi connectivity index (χ1n) is 17.4. The monoisotopic (exact) mass is 594 g/mol. The molecule has 0 radical (unpaired) electrons. The zero-order valence-corrected chi connectivity index (χ0v) is 27.2. The summed E-state index contributed by atoms with van der Waals surface area (Å²) in [6.07, 6.45) is 33.1. The second-order valence-corrected chi connectivity index (χ2v) is 11.8. The lowest BCUT2D eigenvalue weighted by molar-refractivity contribution is -0.132. The molecule has 0 aliphatic heterocycles. The maximum Gasteiger partial charge on any atom is 0.249 e. The standard InChI is InChI=1S/C36H67NO5/c1-3-5-7-9-11-13-15-16-17-18-20-21-23-25-27-29-33(39)35(41)32(31-38)37-36(42)34(40)30-28-26-24-22-19-14-12-10-8-6-4-2/h12,14,16-17,21,23,32-35,38-41H,3-11,13,15,18-20,22,24-31H2,1-2H3,(H,37,42)/b14-12-,17-16+,23-21+. The molecule has 42 heavy (non-hydrogen) atoms. The summed E-state index contributed by atoms with van der Waals surface area (Å²) in [5.74, 6) is -0.612. The average molecular weight is 594 g/mol. The van der Waals surface area contributed by atoms with E-state index in [9.17, 15) is 25.2 Å². The van der Waals surface area contributed by atoms with E-state index in [1.807, 2.05) is 0 Å². The van der Waals surface area contributed by atoms with Gasteiger partial charge in [0.15, 0.2) is 0 Å². The lowest BCUT2D eigenvalue weighted by atomic mass is 10.00. The van der Waals surface area contributed by atoms with Crippen molar-refractivity contribution in [3.63, 3.8) is 0 Å². The quantitative estimate of drug-likeness (QED) is 0.0431. The maximum absolute atomic E-state index is 12.4. The zero-order valence-electron chi connectivity index (χ0n) is 27.2. The minimum Gasteiger partial charge on any atom is -0.394 e. The van der Waals surface area contributed by atoms with E-state index in [1.165, 1.54) is 64.2 Å². The number of nitrogens with one attached hydrogen (secondary N) is 1. The van der Waals surface area contributed by atoms with Crippen molar-refractivity contribution < 1.29 is 25.2 Å². The summed E-state index contributed by atoms with van der Waals surface area (Å²) in [5.41, 5.74) is 0. The number of aliphatic hydroxyl groups excluding tert-OH is 4. The van der Waals surface area contributed by atoms with Crippen LogP contribution in [0.3, 0.4) is 0 Å². The largest absolute Gasteiger partial charge is 0.394 e. The van der Waals surface area contributed by atoms with Crippen LogP contribution in [0, 0.1) is 0 Å². The summed E-state index contributed by atoms with van der Waals surface area (Å²) in [4.78, 5) is 12.4. The van der Waals surface area contributed by atoms with Crippen LogP contribution in [0.2, 0.25) is 0 Å². The van der Waals surface area contributed by atoms with Crippen LogP contribution in [-0.4, -0.2) is 57.3 Å². The summed E-state index contributed by atoms with van der Waals surface area (Å²) in [6, 6.07) is -1.01. The molecule has 0 aromatic heterocycles. The molecule has 0 fully saturated rings. The molecule has 6 heteroatoms. The number of carbonyl (C=O) groups is 1. The Morgan fingerprint density at radius 1 is 0.571 bits per heavy atom. The maximum atomic E-state index is 12.4. The number of unbranched alkanes of at least 4 members (excludes halogenated alkanes) is 15. The third-order valence-corrected chi connectivity index (χ3v) is 7.80. The van der Waals surface area contributed by atoms with Crippen molar-refractivity contribution in [2.24, 2.45) is 0 Å². The van der Waals surface area contributed by atoms with Gasteiger partial charge in [-0.25, -0.2) is 0 Å². The lowest BCUT2D eigenvalue weighted by Gasteiger charge is -2.27. The van der Waals surface area contributed by atoms with Crippen LogP contribution in [-0.2, 0) is 4.79 Å². The number of hydrogen-bond donors (Lipinski definition) is 5. The number of allylic oxidation sites excluding steroid dienone is 6. The van der Waals surface area contributed by atoms with Gasteiger partial charge < -0.3 is 25.7 Å². The Hall–Kier alpha value is -1.47. The van der Waals surface area contributed by atoms with E-state index in [2.05, 4.69) is 55.6 Å². The molecule has 0 aliphatic rings. The predicted octanol–water partition coefficient (Wildman–Crippen LogP) is 7.84. The molecule has 0 heterocycles. The minimum absolute atomic E-state index is 0.344. The summed E-state index contributed by atoms with van der Waals surface area (Å²) < 4.78 is 0. The third kappa shape index (κ3) is 25.1. The highest BCUT2D eigenvalue weighted by atomic mass is 16.3. The number of rotatable bonds is 30. The fraction of sp³-hybridized carbons (Fsp3) is 0.806. The van der Waals surface area contributed by atoms with Gasteiger partial charge in [0.1, 0.15) is 12.2 Å². The van der Waals surface area contributed by atoms with Crippen LogP contribution in [0.4, 0.5) is 0 Å². The van der Waals surface area contributed by atoms with E-state index in [0.29, 0.717) is 19.3 Å². The number of hydrogen-bond acceptors (Lipinski definition) is 5. The Balaban J connectivity index is 3.96. The minimum atomic E-state index is -1.29. The van der Waals surface area contributed by atoms with Gasteiger partial charge in [0, 0.05) is 0 Å². The Labute approximate surface area is 258 Å². The van der Waals surface area contributed by atoms with Gasteiger partial charge in [0.25, 0.3) is 0 Å². The van der Waals surface area contributed by atoms with Gasteiger partial charge in [-0.2, -0.15) is 0 Å². The van der Waals surface area contributed by atoms with Crippen LogP contribution >= 0.6 is 0 Å². The fourth-order valence-corrected chi connectivity index (χ4v) is 4.94. The van der Waals surface area contributed by atoms with Crippen molar-refractivity contribution in [3.8, 4) is 0 Å². The molecule has 0 bridgehead atoms. The first kappa shape index (κ1) is 40.5. The topological polar surface area (TPSA) is 110 Å². The zero-order chi connectivity index (χ0) is 31.1. The smallest absolute Gasteiger partial charge is 0.249 e. The molecule has 0 spiro atoms. The highest BCUT2D eigenvalue weighted by Crippen LogP contribution is 2.12. The summed E-state index contributed by atoms with van der Waals surface area (Å²) in [6.45, 7) is 3.95. The van der Waals surface area contributed by atoms with Crippen LogP contribution in [0.25, 0.3) is 0 Å². The molecular formula is C36H67NO5. The molecule has 6 nitrogen and oxygen atoms in total. The Kier molecular flexibility index (Phi) is 29.9. The van der Waals surface area contributed by atoms with Gasteiger partial charge >= 0.3 is 0 Å². The Bertz CT molecular complexity index is 678. The van der Waals surface area contributed by atoms with Crippen molar-refractivity contribution >= 4 is 5.91 Å². The van der Waals surface area contributed by atoms with Gasteiger partial charge in [-0.1, -0.05) is 115 Å². The molecule has 4 atom stereocenters. The first-order chi connectivity index (χ1) is 20.5. The number of aliphatic hydroxyl groups is 4. The molecule has 0 aromatic rings. The van der Waals surface area contributed by atoms with Crippen molar-refractivity contribution in [1.82, 2.24) is 5.32 Å². The highest BCUT2D eigenvalue weighted by molar-refractivity contribution is 5.80. The first-order valence-corrected chi connectivity index (χ1v) is 17.4. The Morgan fingerprint density at radius 3 is 1.55 bits per heavy atom. The summed E-state index contributed by atoms with van der Waals surface area (Å²) in [7, 11) is 0. The SMILES string of the molecule is CCCCC/C=C\CCCCCCC(O)C(=O)NC(CO)C(O)C(O)CCC/C=C/CC/C=C/CCCCCCCC. The van der Waals surface area contributed by atoms with E-state index in [1.54, 1.807) is 0 Å². The summed E-state index contributed by atoms with van der Waals surface area (Å²) in [5, 5.41) is 43.2. The van der Waals surface area contributed by atoms with Crippen molar-refractivity contribution in [1.29, 1.82) is 0 Å². The van der Waals surface area contributed by atoms with Gasteiger partial charge in [-0.3, -0.25) is 4.79 Å². The second-order valence-electron chi connectivity index (χ2n) is 11.8. The van der Waals surface area contributed by atoms with Crippen molar-refractivity contribution in [2.45, 2.75) is 179 Å².